The molecule has 0 radical (unpaired) electrons. The minimum atomic E-state index is -0.271. The Labute approximate surface area is 102 Å². The van der Waals surface area contributed by atoms with Crippen LogP contribution in [0, 0.1) is 5.82 Å². The highest BCUT2D eigenvalue weighted by Gasteiger charge is 2.08. The van der Waals surface area contributed by atoms with E-state index >= 15 is 0 Å². The van der Waals surface area contributed by atoms with Crippen LogP contribution in [0.5, 0.6) is 0 Å². The van der Waals surface area contributed by atoms with Crippen molar-refractivity contribution in [3.8, 4) is 22.8 Å². The molecule has 0 bridgehead atoms. The number of furan rings is 1. The second-order valence-electron chi connectivity index (χ2n) is 3.88. The van der Waals surface area contributed by atoms with E-state index in [1.165, 1.54) is 12.1 Å². The fraction of sp³-hybridized carbons (Fsp3) is 0. The van der Waals surface area contributed by atoms with Gasteiger partial charge in [0.1, 0.15) is 23.1 Å². The number of nitrogens with one attached hydrogen (secondary N) is 1. The Balaban J connectivity index is 1.96. The molecule has 2 heterocycles. The van der Waals surface area contributed by atoms with Crippen LogP contribution < -0.4 is 5.73 Å². The lowest BCUT2D eigenvalue weighted by atomic mass is 10.2. The van der Waals surface area contributed by atoms with E-state index in [1.54, 1.807) is 18.2 Å². The lowest BCUT2D eigenvalue weighted by Gasteiger charge is -1.96. The second-order valence-corrected chi connectivity index (χ2v) is 3.88. The maximum atomic E-state index is 12.8. The quantitative estimate of drug-likeness (QED) is 0.726. The van der Waals surface area contributed by atoms with Crippen molar-refractivity contribution in [1.82, 2.24) is 10.2 Å². The molecule has 3 aromatic rings. The van der Waals surface area contributed by atoms with E-state index in [4.69, 9.17) is 10.2 Å². The summed E-state index contributed by atoms with van der Waals surface area (Å²) < 4.78 is 18.5. The average molecular weight is 243 g/mol. The molecule has 0 spiro atoms. The average Bonchev–Trinajstić information content (AvgIpc) is 2.98. The van der Waals surface area contributed by atoms with E-state index in [-0.39, 0.29) is 5.82 Å². The molecule has 0 saturated heterocycles. The molecule has 3 N–H and O–H groups in total. The number of anilines is 1. The predicted octanol–water partition coefficient (Wildman–Crippen LogP) is 3.06. The number of H-pyrrole nitrogens is 1. The smallest absolute Gasteiger partial charge is 0.152 e. The van der Waals surface area contributed by atoms with E-state index in [1.807, 2.05) is 12.1 Å². The van der Waals surface area contributed by atoms with Gasteiger partial charge in [0, 0.05) is 11.6 Å². The number of benzene rings is 1. The molecule has 0 aliphatic heterocycles. The lowest BCUT2D eigenvalue weighted by Crippen LogP contribution is -1.81. The van der Waals surface area contributed by atoms with Crippen molar-refractivity contribution in [1.29, 1.82) is 0 Å². The summed E-state index contributed by atoms with van der Waals surface area (Å²) in [6.07, 6.45) is 0. The number of aromatic nitrogens is 2. The Morgan fingerprint density at radius 1 is 1.06 bits per heavy atom. The standard InChI is InChI=1S/C13H10FN3O/c14-9-3-1-8(2-4-9)11-5-6-12(18-11)10-7-13(15)17-16-10/h1-7H,(H3,15,16,17). The molecule has 4 nitrogen and oxygen atoms in total. The third kappa shape index (κ3) is 1.86. The summed E-state index contributed by atoms with van der Waals surface area (Å²) in [6, 6.07) is 11.4. The van der Waals surface area contributed by atoms with Crippen LogP contribution in [0.4, 0.5) is 10.2 Å². The van der Waals surface area contributed by atoms with Crippen LogP contribution in [0.25, 0.3) is 22.8 Å². The van der Waals surface area contributed by atoms with Crippen LogP contribution in [-0.2, 0) is 0 Å². The van der Waals surface area contributed by atoms with Crippen LogP contribution >= 0.6 is 0 Å². The van der Waals surface area contributed by atoms with Gasteiger partial charge in [-0.15, -0.1) is 0 Å². The number of nitrogens with two attached hydrogens (primary N) is 1. The van der Waals surface area contributed by atoms with Crippen molar-refractivity contribution in [2.24, 2.45) is 0 Å². The molecule has 0 amide bonds. The number of rotatable bonds is 2. The fourth-order valence-corrected chi connectivity index (χ4v) is 1.72. The maximum absolute atomic E-state index is 12.8. The highest BCUT2D eigenvalue weighted by Crippen LogP contribution is 2.28. The summed E-state index contributed by atoms with van der Waals surface area (Å²) >= 11 is 0. The first-order chi connectivity index (χ1) is 8.72. The van der Waals surface area contributed by atoms with Crippen molar-refractivity contribution in [2.75, 3.05) is 5.73 Å². The second kappa shape index (κ2) is 4.03. The Morgan fingerprint density at radius 2 is 1.78 bits per heavy atom. The van der Waals surface area contributed by atoms with Gasteiger partial charge in [-0.25, -0.2) is 4.39 Å². The molecule has 3 rings (SSSR count). The molecule has 1 aromatic carbocycles. The predicted molar refractivity (Wildman–Crippen MR) is 66.1 cm³/mol. The first kappa shape index (κ1) is 10.6. The Hall–Kier alpha value is -2.56. The van der Waals surface area contributed by atoms with Crippen LogP contribution in [-0.4, -0.2) is 10.2 Å². The fourth-order valence-electron chi connectivity index (χ4n) is 1.72. The van der Waals surface area contributed by atoms with E-state index in [0.29, 0.717) is 23.0 Å². The van der Waals surface area contributed by atoms with E-state index < -0.39 is 0 Å². The molecule has 0 atom stereocenters. The first-order valence-electron chi connectivity index (χ1n) is 5.39. The largest absolute Gasteiger partial charge is 0.454 e. The highest BCUT2D eigenvalue weighted by atomic mass is 19.1. The zero-order chi connectivity index (χ0) is 12.5. The summed E-state index contributed by atoms with van der Waals surface area (Å²) in [5.41, 5.74) is 7.05. The minimum Gasteiger partial charge on any atom is -0.454 e. The zero-order valence-corrected chi connectivity index (χ0v) is 9.35. The van der Waals surface area contributed by atoms with Gasteiger partial charge in [0.2, 0.25) is 0 Å². The molecule has 5 heteroatoms. The van der Waals surface area contributed by atoms with Gasteiger partial charge in [0.05, 0.1) is 0 Å². The number of hydrogen-bond donors (Lipinski definition) is 2. The zero-order valence-electron chi connectivity index (χ0n) is 9.35. The SMILES string of the molecule is Nc1cc(-c2ccc(-c3ccc(F)cc3)o2)[nH]n1. The van der Waals surface area contributed by atoms with E-state index in [9.17, 15) is 4.39 Å². The lowest BCUT2D eigenvalue weighted by molar-refractivity contribution is 0.593. The van der Waals surface area contributed by atoms with Gasteiger partial charge < -0.3 is 10.2 Å². The molecule has 0 aliphatic carbocycles. The van der Waals surface area contributed by atoms with Crippen LogP contribution in [0.1, 0.15) is 0 Å². The Morgan fingerprint density at radius 3 is 2.44 bits per heavy atom. The summed E-state index contributed by atoms with van der Waals surface area (Å²) in [7, 11) is 0. The summed E-state index contributed by atoms with van der Waals surface area (Å²) in [6.45, 7) is 0. The van der Waals surface area contributed by atoms with Gasteiger partial charge in [-0.3, -0.25) is 5.10 Å². The van der Waals surface area contributed by atoms with Crippen LogP contribution in [0.15, 0.2) is 46.9 Å². The van der Waals surface area contributed by atoms with E-state index in [2.05, 4.69) is 10.2 Å². The van der Waals surface area contributed by atoms with Crippen LogP contribution in [0.2, 0.25) is 0 Å². The molecule has 18 heavy (non-hydrogen) atoms. The molecular weight excluding hydrogens is 233 g/mol. The number of nitrogens with zero attached hydrogens (tertiary/aromatic N) is 1. The number of halogens is 1. The molecule has 2 aromatic heterocycles. The third-order valence-electron chi connectivity index (χ3n) is 2.60. The van der Waals surface area contributed by atoms with Crippen molar-refractivity contribution in [2.45, 2.75) is 0 Å². The number of hydrogen-bond acceptors (Lipinski definition) is 3. The normalized spacial score (nSPS) is 10.7. The summed E-state index contributed by atoms with van der Waals surface area (Å²) in [5, 5.41) is 6.60. The molecule has 0 unspecified atom stereocenters. The van der Waals surface area contributed by atoms with Gasteiger partial charge in [0.25, 0.3) is 0 Å². The molecule has 0 aliphatic rings. The molecule has 0 saturated carbocycles. The monoisotopic (exact) mass is 243 g/mol. The molecule has 90 valence electrons. The maximum Gasteiger partial charge on any atom is 0.152 e. The van der Waals surface area contributed by atoms with Crippen molar-refractivity contribution < 1.29 is 8.81 Å². The van der Waals surface area contributed by atoms with Gasteiger partial charge in [-0.05, 0) is 36.4 Å². The van der Waals surface area contributed by atoms with Gasteiger partial charge in [-0.2, -0.15) is 5.10 Å². The van der Waals surface area contributed by atoms with Crippen LogP contribution in [0.3, 0.4) is 0 Å². The summed E-state index contributed by atoms with van der Waals surface area (Å²) in [5.74, 6) is 1.44. The first-order valence-corrected chi connectivity index (χ1v) is 5.39. The summed E-state index contributed by atoms with van der Waals surface area (Å²) in [4.78, 5) is 0. The number of nitrogen functional groups attached to an aromatic ring is 1. The number of aromatic amines is 1. The topological polar surface area (TPSA) is 67.8 Å². The van der Waals surface area contributed by atoms with Crippen molar-refractivity contribution in [3.63, 3.8) is 0 Å². The van der Waals surface area contributed by atoms with Gasteiger partial charge in [-0.1, -0.05) is 0 Å². The third-order valence-corrected chi connectivity index (χ3v) is 2.60. The van der Waals surface area contributed by atoms with Crippen molar-refractivity contribution >= 4 is 5.82 Å². The highest BCUT2D eigenvalue weighted by molar-refractivity contribution is 5.63. The van der Waals surface area contributed by atoms with Gasteiger partial charge in [0.15, 0.2) is 5.76 Å². The van der Waals surface area contributed by atoms with Crippen molar-refractivity contribution in [3.05, 3.63) is 48.3 Å². The molecule has 0 fully saturated rings. The minimum absolute atomic E-state index is 0.271. The molecular formula is C13H10FN3O. The Kier molecular flexibility index (Phi) is 2.37. The van der Waals surface area contributed by atoms with Gasteiger partial charge >= 0.3 is 0 Å². The van der Waals surface area contributed by atoms with E-state index in [0.717, 1.165) is 5.56 Å². The Bertz CT molecular complexity index is 670.